The summed E-state index contributed by atoms with van der Waals surface area (Å²) in [5, 5.41) is 5.16. The molecule has 1 aromatic rings. The summed E-state index contributed by atoms with van der Waals surface area (Å²) in [6.45, 7) is 7.19. The van der Waals surface area contributed by atoms with Gasteiger partial charge in [0.2, 0.25) is 5.91 Å². The number of nitrogens with one attached hydrogen (secondary N) is 1. The highest BCUT2D eigenvalue weighted by molar-refractivity contribution is 7.09. The highest BCUT2D eigenvalue weighted by Gasteiger charge is 2.19. The van der Waals surface area contributed by atoms with Crippen LogP contribution in [0.5, 0.6) is 0 Å². The Hall–Kier alpha value is -0.950. The van der Waals surface area contributed by atoms with E-state index < -0.39 is 0 Å². The fraction of sp³-hybridized carbons (Fsp3) is 0.706. The molecule has 1 aromatic heterocycles. The molecule has 5 nitrogen and oxygen atoms in total. The zero-order valence-corrected chi connectivity index (χ0v) is 14.5. The normalized spacial score (nSPS) is 23.7. The summed E-state index contributed by atoms with van der Waals surface area (Å²) in [5.74, 6) is 0.132. The van der Waals surface area contributed by atoms with Crippen LogP contribution >= 0.6 is 11.3 Å². The zero-order valence-electron chi connectivity index (χ0n) is 13.7. The third-order valence-corrected chi connectivity index (χ3v) is 5.42. The average molecular weight is 337 g/mol. The molecule has 2 saturated heterocycles. The van der Waals surface area contributed by atoms with Crippen LogP contribution in [0.4, 0.5) is 0 Å². The van der Waals surface area contributed by atoms with Gasteiger partial charge in [0.1, 0.15) is 0 Å². The average Bonchev–Trinajstić information content (AvgIpc) is 3.19. The number of thiophene rings is 1. The SMILES string of the molecule is O=C(CN1CCCN(Cc2cccs2)CC1)NC[C@H]1CCCO1. The second kappa shape index (κ2) is 8.78. The maximum atomic E-state index is 12.1. The van der Waals surface area contributed by atoms with Crippen molar-refractivity contribution in [2.45, 2.75) is 31.9 Å². The van der Waals surface area contributed by atoms with Gasteiger partial charge in [-0.05, 0) is 43.8 Å². The standard InChI is InChI=1S/C17H27N3O2S/c21-17(18-12-15-4-1-10-22-15)14-20-7-3-6-19(8-9-20)13-16-5-2-11-23-16/h2,5,11,15H,1,3-4,6-10,12-14H2,(H,18,21)/t15-/m1/s1. The second-order valence-corrected chi connectivity index (χ2v) is 7.46. The predicted octanol–water partition coefficient (Wildman–Crippen LogP) is 1.55. The van der Waals surface area contributed by atoms with Crippen molar-refractivity contribution in [1.29, 1.82) is 0 Å². The van der Waals surface area contributed by atoms with Gasteiger partial charge in [-0.15, -0.1) is 11.3 Å². The molecule has 0 aromatic carbocycles. The molecular weight excluding hydrogens is 310 g/mol. The first-order valence-corrected chi connectivity index (χ1v) is 9.53. The van der Waals surface area contributed by atoms with E-state index >= 15 is 0 Å². The summed E-state index contributed by atoms with van der Waals surface area (Å²) in [6.07, 6.45) is 3.54. The first-order valence-electron chi connectivity index (χ1n) is 8.65. The fourth-order valence-corrected chi connectivity index (χ4v) is 4.00. The maximum absolute atomic E-state index is 12.1. The molecule has 128 valence electrons. The molecule has 1 atom stereocenters. The predicted molar refractivity (Wildman–Crippen MR) is 92.6 cm³/mol. The summed E-state index contributed by atoms with van der Waals surface area (Å²) < 4.78 is 5.54. The van der Waals surface area contributed by atoms with Gasteiger partial charge in [-0.3, -0.25) is 14.6 Å². The Balaban J connectivity index is 1.36. The quantitative estimate of drug-likeness (QED) is 0.855. The van der Waals surface area contributed by atoms with Gasteiger partial charge >= 0.3 is 0 Å². The fourth-order valence-electron chi connectivity index (χ4n) is 3.26. The van der Waals surface area contributed by atoms with E-state index in [1.807, 2.05) is 11.3 Å². The monoisotopic (exact) mass is 337 g/mol. The lowest BCUT2D eigenvalue weighted by Gasteiger charge is -2.21. The van der Waals surface area contributed by atoms with E-state index in [-0.39, 0.29) is 12.0 Å². The molecule has 0 unspecified atom stereocenters. The van der Waals surface area contributed by atoms with Gasteiger partial charge in [-0.1, -0.05) is 6.07 Å². The molecule has 0 radical (unpaired) electrons. The van der Waals surface area contributed by atoms with E-state index in [1.165, 1.54) is 4.88 Å². The minimum Gasteiger partial charge on any atom is -0.376 e. The lowest BCUT2D eigenvalue weighted by atomic mass is 10.2. The number of rotatable bonds is 6. The first-order chi connectivity index (χ1) is 11.3. The molecule has 0 saturated carbocycles. The lowest BCUT2D eigenvalue weighted by molar-refractivity contribution is -0.122. The zero-order chi connectivity index (χ0) is 15.9. The van der Waals surface area contributed by atoms with Gasteiger partial charge < -0.3 is 10.1 Å². The molecule has 0 bridgehead atoms. The molecule has 1 amide bonds. The van der Waals surface area contributed by atoms with Crippen LogP contribution in [-0.4, -0.2) is 67.7 Å². The molecule has 3 rings (SSSR count). The Morgan fingerprint density at radius 2 is 2.13 bits per heavy atom. The summed E-state index contributed by atoms with van der Waals surface area (Å²) >= 11 is 1.82. The minimum atomic E-state index is 0.132. The van der Waals surface area contributed by atoms with Gasteiger partial charge in [-0.2, -0.15) is 0 Å². The highest BCUT2D eigenvalue weighted by Crippen LogP contribution is 2.14. The first kappa shape index (κ1) is 16.9. The van der Waals surface area contributed by atoms with Crippen LogP contribution in [0.1, 0.15) is 24.1 Å². The van der Waals surface area contributed by atoms with Crippen molar-refractivity contribution in [2.24, 2.45) is 0 Å². The topological polar surface area (TPSA) is 44.8 Å². The molecule has 0 aliphatic carbocycles. The van der Waals surface area contributed by atoms with Gasteiger partial charge in [0.05, 0.1) is 12.6 Å². The van der Waals surface area contributed by atoms with Gasteiger partial charge in [0.25, 0.3) is 0 Å². The number of hydrogen-bond donors (Lipinski definition) is 1. The second-order valence-electron chi connectivity index (χ2n) is 6.42. The van der Waals surface area contributed by atoms with E-state index in [1.54, 1.807) is 0 Å². The number of nitrogens with zero attached hydrogens (tertiary/aromatic N) is 2. The van der Waals surface area contributed by atoms with Crippen molar-refractivity contribution >= 4 is 17.2 Å². The van der Waals surface area contributed by atoms with Crippen molar-refractivity contribution in [3.63, 3.8) is 0 Å². The van der Waals surface area contributed by atoms with Crippen LogP contribution in [0.3, 0.4) is 0 Å². The van der Waals surface area contributed by atoms with Crippen LogP contribution in [-0.2, 0) is 16.1 Å². The summed E-state index contributed by atoms with van der Waals surface area (Å²) in [5.41, 5.74) is 0. The molecule has 3 heterocycles. The van der Waals surface area contributed by atoms with Crippen LogP contribution < -0.4 is 5.32 Å². The van der Waals surface area contributed by atoms with Gasteiger partial charge in [-0.25, -0.2) is 0 Å². The van der Waals surface area contributed by atoms with E-state index in [0.29, 0.717) is 13.1 Å². The van der Waals surface area contributed by atoms with Crippen molar-refractivity contribution in [3.05, 3.63) is 22.4 Å². The maximum Gasteiger partial charge on any atom is 0.234 e. The Labute approximate surface area is 142 Å². The van der Waals surface area contributed by atoms with Crippen LogP contribution in [0, 0.1) is 0 Å². The van der Waals surface area contributed by atoms with E-state index in [4.69, 9.17) is 4.74 Å². The van der Waals surface area contributed by atoms with Crippen LogP contribution in [0.25, 0.3) is 0 Å². The molecule has 23 heavy (non-hydrogen) atoms. The van der Waals surface area contributed by atoms with Crippen molar-refractivity contribution in [2.75, 3.05) is 45.9 Å². The third-order valence-electron chi connectivity index (χ3n) is 4.56. The van der Waals surface area contributed by atoms with Crippen molar-refractivity contribution < 1.29 is 9.53 Å². The third kappa shape index (κ3) is 5.57. The Morgan fingerprint density at radius 3 is 2.91 bits per heavy atom. The molecular formula is C17H27N3O2S. The van der Waals surface area contributed by atoms with Gasteiger partial charge in [0.15, 0.2) is 0 Å². The Kier molecular flexibility index (Phi) is 6.45. The lowest BCUT2D eigenvalue weighted by Crippen LogP contribution is -2.41. The molecule has 6 heteroatoms. The van der Waals surface area contributed by atoms with E-state index in [9.17, 15) is 4.79 Å². The van der Waals surface area contributed by atoms with Crippen molar-refractivity contribution in [1.82, 2.24) is 15.1 Å². The number of hydrogen-bond acceptors (Lipinski definition) is 5. The molecule has 0 spiro atoms. The van der Waals surface area contributed by atoms with Crippen LogP contribution in [0.2, 0.25) is 0 Å². The Morgan fingerprint density at radius 1 is 1.26 bits per heavy atom. The number of amides is 1. The molecule has 2 fully saturated rings. The van der Waals surface area contributed by atoms with E-state index in [0.717, 1.165) is 58.6 Å². The van der Waals surface area contributed by atoms with E-state index in [2.05, 4.69) is 32.6 Å². The number of carbonyl (C=O) groups excluding carboxylic acids is 1. The molecule has 2 aliphatic heterocycles. The van der Waals surface area contributed by atoms with Gasteiger partial charge in [0, 0.05) is 37.7 Å². The molecule has 2 aliphatic rings. The van der Waals surface area contributed by atoms with Crippen molar-refractivity contribution in [3.8, 4) is 0 Å². The number of ether oxygens (including phenoxy) is 1. The summed E-state index contributed by atoms with van der Waals surface area (Å²) in [7, 11) is 0. The minimum absolute atomic E-state index is 0.132. The number of carbonyl (C=O) groups is 1. The Bertz CT molecular complexity index is 474. The summed E-state index contributed by atoms with van der Waals surface area (Å²) in [6, 6.07) is 4.31. The highest BCUT2D eigenvalue weighted by atomic mass is 32.1. The summed E-state index contributed by atoms with van der Waals surface area (Å²) in [4.78, 5) is 18.3. The smallest absolute Gasteiger partial charge is 0.234 e. The van der Waals surface area contributed by atoms with Crippen LogP contribution in [0.15, 0.2) is 17.5 Å². The molecule has 1 N–H and O–H groups in total. The largest absolute Gasteiger partial charge is 0.376 e.